The summed E-state index contributed by atoms with van der Waals surface area (Å²) in [4.78, 5) is 34.3. The normalized spacial score (nSPS) is 11.5. The fraction of sp³-hybridized carbons (Fsp3) is 0.125. The molecule has 0 fully saturated rings. The monoisotopic (exact) mass is 366 g/mol. The van der Waals surface area contributed by atoms with Crippen LogP contribution in [0.5, 0.6) is 0 Å². The number of amides is 1. The Labute approximate surface area is 146 Å². The van der Waals surface area contributed by atoms with E-state index in [1.54, 1.807) is 0 Å². The smallest absolute Gasteiger partial charge is 0.345 e. The van der Waals surface area contributed by atoms with E-state index in [2.05, 4.69) is 5.32 Å². The first-order valence-corrected chi connectivity index (χ1v) is 7.37. The minimum atomic E-state index is -1.24. The van der Waals surface area contributed by atoms with E-state index in [4.69, 9.17) is 16.3 Å². The SMILES string of the molecule is CC(OC(=O)c1cc(Cl)ccc1[N+](=O)[O-])C(=O)Nc1ccc(F)cc1. The van der Waals surface area contributed by atoms with Gasteiger partial charge >= 0.3 is 5.97 Å². The van der Waals surface area contributed by atoms with Crippen LogP contribution in [0.1, 0.15) is 17.3 Å². The van der Waals surface area contributed by atoms with Gasteiger partial charge in [0.1, 0.15) is 11.4 Å². The predicted molar refractivity (Wildman–Crippen MR) is 88.0 cm³/mol. The Bertz CT molecular complexity index is 826. The van der Waals surface area contributed by atoms with Crippen molar-refractivity contribution in [1.82, 2.24) is 0 Å². The lowest BCUT2D eigenvalue weighted by molar-refractivity contribution is -0.385. The Morgan fingerprint density at radius 3 is 2.48 bits per heavy atom. The number of nitrogens with zero attached hydrogens (tertiary/aromatic N) is 1. The van der Waals surface area contributed by atoms with Gasteiger partial charge in [0, 0.05) is 16.8 Å². The van der Waals surface area contributed by atoms with E-state index in [9.17, 15) is 24.1 Å². The Kier molecular flexibility index (Phi) is 5.66. The maximum atomic E-state index is 12.8. The van der Waals surface area contributed by atoms with Gasteiger partial charge in [-0.25, -0.2) is 9.18 Å². The summed E-state index contributed by atoms with van der Waals surface area (Å²) in [7, 11) is 0. The first kappa shape index (κ1) is 18.3. The fourth-order valence-electron chi connectivity index (χ4n) is 1.89. The van der Waals surface area contributed by atoms with Crippen LogP contribution in [0.15, 0.2) is 42.5 Å². The van der Waals surface area contributed by atoms with Crippen LogP contribution in [0.25, 0.3) is 0 Å². The second-order valence-corrected chi connectivity index (χ2v) is 5.40. The van der Waals surface area contributed by atoms with E-state index in [1.807, 2.05) is 0 Å². The highest BCUT2D eigenvalue weighted by atomic mass is 35.5. The van der Waals surface area contributed by atoms with Gasteiger partial charge in [-0.05, 0) is 43.3 Å². The average molecular weight is 367 g/mol. The topological polar surface area (TPSA) is 98.5 Å². The number of carbonyl (C=O) groups excluding carboxylic acids is 2. The van der Waals surface area contributed by atoms with Gasteiger partial charge in [0.25, 0.3) is 11.6 Å². The largest absolute Gasteiger partial charge is 0.449 e. The third-order valence-corrected chi connectivity index (χ3v) is 3.38. The quantitative estimate of drug-likeness (QED) is 0.495. The van der Waals surface area contributed by atoms with Crippen LogP contribution in [0, 0.1) is 15.9 Å². The maximum Gasteiger partial charge on any atom is 0.345 e. The summed E-state index contributed by atoms with van der Waals surface area (Å²) in [6, 6.07) is 8.41. The summed E-state index contributed by atoms with van der Waals surface area (Å²) in [5, 5.41) is 13.5. The molecular weight excluding hydrogens is 355 g/mol. The zero-order chi connectivity index (χ0) is 18.6. The number of halogens is 2. The molecule has 9 heteroatoms. The molecule has 1 unspecified atom stereocenters. The van der Waals surface area contributed by atoms with Gasteiger partial charge in [0.15, 0.2) is 6.10 Å². The molecule has 130 valence electrons. The number of esters is 1. The second kappa shape index (κ2) is 7.71. The number of nitro benzene ring substituents is 1. The van der Waals surface area contributed by atoms with E-state index >= 15 is 0 Å². The molecule has 0 aromatic heterocycles. The van der Waals surface area contributed by atoms with Gasteiger partial charge in [-0.15, -0.1) is 0 Å². The number of rotatable bonds is 5. The number of benzene rings is 2. The summed E-state index contributed by atoms with van der Waals surface area (Å²) in [6.07, 6.45) is -1.24. The number of nitrogens with one attached hydrogen (secondary N) is 1. The lowest BCUT2D eigenvalue weighted by Gasteiger charge is -2.13. The summed E-state index contributed by atoms with van der Waals surface area (Å²) in [6.45, 7) is 1.30. The number of ether oxygens (including phenoxy) is 1. The molecule has 2 aromatic carbocycles. The van der Waals surface area contributed by atoms with E-state index < -0.39 is 34.4 Å². The van der Waals surface area contributed by atoms with Crippen LogP contribution < -0.4 is 5.32 Å². The van der Waals surface area contributed by atoms with E-state index in [0.717, 1.165) is 24.3 Å². The molecule has 2 aromatic rings. The molecule has 0 heterocycles. The van der Waals surface area contributed by atoms with E-state index in [1.165, 1.54) is 25.1 Å². The maximum absolute atomic E-state index is 12.8. The lowest BCUT2D eigenvalue weighted by atomic mass is 10.2. The minimum absolute atomic E-state index is 0.112. The second-order valence-electron chi connectivity index (χ2n) is 4.96. The highest BCUT2D eigenvalue weighted by Crippen LogP contribution is 2.24. The highest BCUT2D eigenvalue weighted by Gasteiger charge is 2.25. The van der Waals surface area contributed by atoms with Gasteiger partial charge in [-0.3, -0.25) is 14.9 Å². The molecule has 0 radical (unpaired) electrons. The molecule has 0 saturated carbocycles. The Hall–Kier alpha value is -3.00. The zero-order valence-electron chi connectivity index (χ0n) is 12.9. The lowest BCUT2D eigenvalue weighted by Crippen LogP contribution is -2.30. The molecule has 2 rings (SSSR count). The summed E-state index contributed by atoms with van der Waals surface area (Å²) in [5.74, 6) is -2.20. The molecule has 0 aliphatic heterocycles. The molecule has 1 amide bonds. The first-order chi connectivity index (χ1) is 11.8. The highest BCUT2D eigenvalue weighted by molar-refractivity contribution is 6.31. The summed E-state index contributed by atoms with van der Waals surface area (Å²) >= 11 is 5.74. The van der Waals surface area contributed by atoms with Crippen LogP contribution in [0.4, 0.5) is 15.8 Å². The molecule has 0 aliphatic rings. The molecule has 1 N–H and O–H groups in total. The van der Waals surface area contributed by atoms with Crippen molar-refractivity contribution >= 4 is 34.9 Å². The molecule has 25 heavy (non-hydrogen) atoms. The molecule has 7 nitrogen and oxygen atoms in total. The van der Waals surface area contributed by atoms with Crippen LogP contribution in [-0.4, -0.2) is 22.9 Å². The third kappa shape index (κ3) is 4.74. The fourth-order valence-corrected chi connectivity index (χ4v) is 2.06. The van der Waals surface area contributed by atoms with E-state index in [0.29, 0.717) is 5.69 Å². The van der Waals surface area contributed by atoms with Crippen molar-refractivity contribution in [2.45, 2.75) is 13.0 Å². The van der Waals surface area contributed by atoms with Crippen molar-refractivity contribution < 1.29 is 23.6 Å². The Balaban J connectivity index is 2.09. The van der Waals surface area contributed by atoms with Crippen molar-refractivity contribution in [2.24, 2.45) is 0 Å². The summed E-state index contributed by atoms with van der Waals surface area (Å²) in [5.41, 5.74) is -0.539. The van der Waals surface area contributed by atoms with Crippen molar-refractivity contribution in [3.8, 4) is 0 Å². The van der Waals surface area contributed by atoms with E-state index in [-0.39, 0.29) is 10.6 Å². The Morgan fingerprint density at radius 1 is 1.24 bits per heavy atom. The van der Waals surface area contributed by atoms with Gasteiger partial charge < -0.3 is 10.1 Å². The number of nitro groups is 1. The first-order valence-electron chi connectivity index (χ1n) is 6.99. The molecule has 0 aliphatic carbocycles. The van der Waals surface area contributed by atoms with Crippen LogP contribution in [0.3, 0.4) is 0 Å². The number of anilines is 1. The third-order valence-electron chi connectivity index (χ3n) is 3.14. The number of hydrogen-bond acceptors (Lipinski definition) is 5. The van der Waals surface area contributed by atoms with Gasteiger partial charge in [-0.2, -0.15) is 0 Å². The van der Waals surface area contributed by atoms with Gasteiger partial charge in [0.2, 0.25) is 0 Å². The molecule has 0 spiro atoms. The molecule has 1 atom stereocenters. The molecule has 0 saturated heterocycles. The van der Waals surface area contributed by atoms with Crippen LogP contribution in [-0.2, 0) is 9.53 Å². The van der Waals surface area contributed by atoms with Gasteiger partial charge in [0.05, 0.1) is 4.92 Å². The number of carbonyl (C=O) groups is 2. The Morgan fingerprint density at radius 2 is 1.88 bits per heavy atom. The predicted octanol–water partition coefficient (Wildman–Crippen LogP) is 3.57. The number of hydrogen-bond donors (Lipinski definition) is 1. The molecule has 0 bridgehead atoms. The van der Waals surface area contributed by atoms with Crippen molar-refractivity contribution in [3.05, 3.63) is 69.0 Å². The molecular formula is C16H12ClFN2O5. The van der Waals surface area contributed by atoms with Crippen LogP contribution in [0.2, 0.25) is 5.02 Å². The standard InChI is InChI=1S/C16H12ClFN2O5/c1-9(15(21)19-12-5-3-11(18)4-6-12)25-16(22)13-8-10(17)2-7-14(13)20(23)24/h2-9H,1H3,(H,19,21). The summed E-state index contributed by atoms with van der Waals surface area (Å²) < 4.78 is 17.8. The van der Waals surface area contributed by atoms with Crippen molar-refractivity contribution in [3.63, 3.8) is 0 Å². The zero-order valence-corrected chi connectivity index (χ0v) is 13.6. The van der Waals surface area contributed by atoms with Gasteiger partial charge in [-0.1, -0.05) is 11.6 Å². The van der Waals surface area contributed by atoms with Crippen molar-refractivity contribution in [1.29, 1.82) is 0 Å². The van der Waals surface area contributed by atoms with Crippen LogP contribution >= 0.6 is 11.6 Å². The average Bonchev–Trinajstić information content (AvgIpc) is 2.56. The minimum Gasteiger partial charge on any atom is -0.449 e. The van der Waals surface area contributed by atoms with Crippen molar-refractivity contribution in [2.75, 3.05) is 5.32 Å².